The van der Waals surface area contributed by atoms with Gasteiger partial charge in [0, 0.05) is 25.3 Å². The summed E-state index contributed by atoms with van der Waals surface area (Å²) >= 11 is 0. The highest BCUT2D eigenvalue weighted by molar-refractivity contribution is 5.88. The highest BCUT2D eigenvalue weighted by Gasteiger charge is 2.43. The van der Waals surface area contributed by atoms with Crippen molar-refractivity contribution >= 4 is 11.7 Å². The van der Waals surface area contributed by atoms with Gasteiger partial charge in [0.1, 0.15) is 11.6 Å². The molecule has 1 saturated heterocycles. The van der Waals surface area contributed by atoms with Crippen molar-refractivity contribution in [2.24, 2.45) is 0 Å². The van der Waals surface area contributed by atoms with Gasteiger partial charge in [0.2, 0.25) is 5.91 Å². The lowest BCUT2D eigenvalue weighted by molar-refractivity contribution is -0.137. The Balaban J connectivity index is 1.38. The van der Waals surface area contributed by atoms with Crippen LogP contribution in [0.5, 0.6) is 0 Å². The molecule has 1 aromatic heterocycles. The van der Waals surface area contributed by atoms with Crippen LogP contribution >= 0.6 is 0 Å². The van der Waals surface area contributed by atoms with Crippen molar-refractivity contribution in [2.45, 2.75) is 56.2 Å². The van der Waals surface area contributed by atoms with Gasteiger partial charge in [0.25, 0.3) is 0 Å². The van der Waals surface area contributed by atoms with Gasteiger partial charge in [-0.25, -0.2) is 9.37 Å². The molecule has 1 saturated carbocycles. The quantitative estimate of drug-likeness (QED) is 0.700. The summed E-state index contributed by atoms with van der Waals surface area (Å²) in [6.45, 7) is 1.21. The molecule has 1 aliphatic carbocycles. The van der Waals surface area contributed by atoms with E-state index in [4.69, 9.17) is 0 Å². The molecule has 0 unspecified atom stereocenters. The van der Waals surface area contributed by atoms with Crippen LogP contribution in [0.1, 0.15) is 49.7 Å². The molecule has 2 heterocycles. The molecule has 31 heavy (non-hydrogen) atoms. The van der Waals surface area contributed by atoms with E-state index in [1.807, 2.05) is 4.90 Å². The highest BCUT2D eigenvalue weighted by atomic mass is 19.4. The molecule has 0 atom stereocenters. The highest BCUT2D eigenvalue weighted by Crippen LogP contribution is 2.41. The van der Waals surface area contributed by atoms with E-state index < -0.39 is 17.2 Å². The Morgan fingerprint density at radius 2 is 1.68 bits per heavy atom. The summed E-state index contributed by atoms with van der Waals surface area (Å²) in [6, 6.07) is 8.65. The molecule has 1 aromatic carbocycles. The monoisotopic (exact) mass is 435 g/mol. The van der Waals surface area contributed by atoms with Crippen LogP contribution in [-0.2, 0) is 16.4 Å². The lowest BCUT2D eigenvalue weighted by atomic mass is 9.77. The topological polar surface area (TPSA) is 45.2 Å². The zero-order valence-electron chi connectivity index (χ0n) is 17.1. The van der Waals surface area contributed by atoms with E-state index in [-0.39, 0.29) is 17.8 Å². The smallest absolute Gasteiger partial charge is 0.356 e. The minimum absolute atomic E-state index is 0.00359. The number of pyridine rings is 1. The third kappa shape index (κ3) is 4.52. The maximum Gasteiger partial charge on any atom is 0.417 e. The van der Waals surface area contributed by atoms with Gasteiger partial charge in [-0.3, -0.25) is 4.79 Å². The summed E-state index contributed by atoms with van der Waals surface area (Å²) in [5.41, 5.74) is -0.517. The zero-order chi connectivity index (χ0) is 22.1. The van der Waals surface area contributed by atoms with Crippen LogP contribution in [0.15, 0.2) is 42.6 Å². The fourth-order valence-corrected chi connectivity index (χ4v) is 4.71. The largest absolute Gasteiger partial charge is 0.417 e. The number of carbonyl (C=O) groups is 1. The first-order chi connectivity index (χ1) is 14.8. The molecule has 8 heteroatoms. The van der Waals surface area contributed by atoms with E-state index in [2.05, 4.69) is 10.3 Å². The van der Waals surface area contributed by atoms with Gasteiger partial charge in [-0.15, -0.1) is 0 Å². The number of amides is 1. The second kappa shape index (κ2) is 8.48. The number of hydrogen-bond acceptors (Lipinski definition) is 3. The Hall–Kier alpha value is -2.64. The molecule has 4 nitrogen and oxygen atoms in total. The van der Waals surface area contributed by atoms with Crippen LogP contribution in [0.25, 0.3) is 0 Å². The summed E-state index contributed by atoms with van der Waals surface area (Å²) in [4.78, 5) is 19.2. The Bertz CT molecular complexity index is 898. The number of nitrogens with zero attached hydrogens (tertiary/aromatic N) is 2. The Labute approximate surface area is 178 Å². The Morgan fingerprint density at radius 3 is 2.23 bits per heavy atom. The first-order valence-corrected chi connectivity index (χ1v) is 10.6. The summed E-state index contributed by atoms with van der Waals surface area (Å²) in [6.07, 6.45) is 1.25. The van der Waals surface area contributed by atoms with Crippen molar-refractivity contribution < 1.29 is 22.4 Å². The molecule has 166 valence electrons. The van der Waals surface area contributed by atoms with Gasteiger partial charge < -0.3 is 10.2 Å². The molecule has 0 radical (unpaired) electrons. The van der Waals surface area contributed by atoms with Gasteiger partial charge in [0.15, 0.2) is 0 Å². The average molecular weight is 435 g/mol. The van der Waals surface area contributed by atoms with Gasteiger partial charge in [-0.05, 0) is 55.5 Å². The minimum atomic E-state index is -4.40. The molecule has 2 aliphatic rings. The first kappa shape index (κ1) is 21.6. The van der Waals surface area contributed by atoms with E-state index in [0.717, 1.165) is 43.5 Å². The number of anilines is 1. The van der Waals surface area contributed by atoms with Crippen molar-refractivity contribution in [1.82, 2.24) is 10.3 Å². The van der Waals surface area contributed by atoms with Gasteiger partial charge >= 0.3 is 6.18 Å². The summed E-state index contributed by atoms with van der Waals surface area (Å²) in [5, 5.41) is 3.19. The van der Waals surface area contributed by atoms with E-state index in [1.165, 1.54) is 18.2 Å². The number of benzene rings is 1. The van der Waals surface area contributed by atoms with Crippen LogP contribution < -0.4 is 10.2 Å². The Kier molecular flexibility index (Phi) is 5.90. The van der Waals surface area contributed by atoms with Crippen LogP contribution in [0.3, 0.4) is 0 Å². The van der Waals surface area contributed by atoms with E-state index in [0.29, 0.717) is 31.7 Å². The number of nitrogens with one attached hydrogen (secondary N) is 1. The molecule has 0 bridgehead atoms. The lowest BCUT2D eigenvalue weighted by Gasteiger charge is -2.36. The van der Waals surface area contributed by atoms with Gasteiger partial charge in [-0.1, -0.05) is 25.0 Å². The second-order valence-corrected chi connectivity index (χ2v) is 8.43. The predicted molar refractivity (Wildman–Crippen MR) is 109 cm³/mol. The van der Waals surface area contributed by atoms with Crippen LogP contribution in [0.2, 0.25) is 0 Å². The fraction of sp³-hybridized carbons (Fsp3) is 0.478. The van der Waals surface area contributed by atoms with Crippen molar-refractivity contribution in [3.05, 3.63) is 59.5 Å². The summed E-state index contributed by atoms with van der Waals surface area (Å²) in [5.74, 6) is 0.181. The van der Waals surface area contributed by atoms with E-state index in [9.17, 15) is 22.4 Å². The SMILES string of the molecule is O=C(NC1CCN(c2ccc(C(F)(F)F)cn2)CC1)C1(c2ccc(F)cc2)CCCC1. The molecular formula is C23H25F4N3O. The number of aromatic nitrogens is 1. The maximum absolute atomic E-state index is 13.4. The normalized spacial score (nSPS) is 19.4. The standard InChI is InChI=1S/C23H25F4N3O/c24-18-6-3-16(4-7-18)22(11-1-2-12-22)21(31)29-19-9-13-30(14-10-19)20-8-5-17(15-28-20)23(25,26)27/h3-8,15,19H,1-2,9-14H2,(H,29,31). The van der Waals surface area contributed by atoms with Crippen molar-refractivity contribution in [2.75, 3.05) is 18.0 Å². The second-order valence-electron chi connectivity index (χ2n) is 8.43. The number of hydrogen-bond donors (Lipinski definition) is 1. The third-order valence-corrected chi connectivity index (χ3v) is 6.52. The predicted octanol–water partition coefficient (Wildman–Crippen LogP) is 4.84. The van der Waals surface area contributed by atoms with Crippen LogP contribution in [-0.4, -0.2) is 30.0 Å². The van der Waals surface area contributed by atoms with Crippen molar-refractivity contribution in [3.63, 3.8) is 0 Å². The number of rotatable bonds is 4. The molecule has 1 aliphatic heterocycles. The first-order valence-electron chi connectivity index (χ1n) is 10.6. The molecule has 4 rings (SSSR count). The third-order valence-electron chi connectivity index (χ3n) is 6.52. The molecule has 2 fully saturated rings. The number of piperidine rings is 1. The summed E-state index contributed by atoms with van der Waals surface area (Å²) < 4.78 is 51.5. The van der Waals surface area contributed by atoms with E-state index in [1.54, 1.807) is 12.1 Å². The fourth-order valence-electron chi connectivity index (χ4n) is 4.71. The molecule has 0 spiro atoms. The number of alkyl halides is 3. The van der Waals surface area contributed by atoms with Gasteiger partial charge in [-0.2, -0.15) is 13.2 Å². The number of carbonyl (C=O) groups excluding carboxylic acids is 1. The Morgan fingerprint density at radius 1 is 1.03 bits per heavy atom. The number of halogens is 4. The zero-order valence-corrected chi connectivity index (χ0v) is 17.1. The minimum Gasteiger partial charge on any atom is -0.356 e. The average Bonchev–Trinajstić information content (AvgIpc) is 3.26. The van der Waals surface area contributed by atoms with Crippen LogP contribution in [0, 0.1) is 5.82 Å². The summed E-state index contributed by atoms with van der Waals surface area (Å²) in [7, 11) is 0. The van der Waals surface area contributed by atoms with Crippen molar-refractivity contribution in [3.8, 4) is 0 Å². The maximum atomic E-state index is 13.4. The van der Waals surface area contributed by atoms with E-state index >= 15 is 0 Å². The molecular weight excluding hydrogens is 410 g/mol. The van der Waals surface area contributed by atoms with Crippen molar-refractivity contribution in [1.29, 1.82) is 0 Å². The molecule has 2 aromatic rings. The molecule has 1 amide bonds. The van der Waals surface area contributed by atoms with Crippen LogP contribution in [0.4, 0.5) is 23.4 Å². The van der Waals surface area contributed by atoms with Gasteiger partial charge in [0.05, 0.1) is 11.0 Å². The molecule has 1 N–H and O–H groups in total. The lowest BCUT2D eigenvalue weighted by Crippen LogP contribution is -2.50.